The first-order chi connectivity index (χ1) is 22.1. The van der Waals surface area contributed by atoms with Gasteiger partial charge in [0, 0.05) is 25.7 Å². The molecule has 48 heavy (non-hydrogen) atoms. The summed E-state index contributed by atoms with van der Waals surface area (Å²) in [5.74, 6) is -3.00. The molecule has 2 saturated carbocycles. The van der Waals surface area contributed by atoms with Gasteiger partial charge < -0.3 is 33.9 Å². The van der Waals surface area contributed by atoms with Crippen LogP contribution in [0.2, 0.25) is 0 Å². The van der Waals surface area contributed by atoms with Crippen LogP contribution in [0.25, 0.3) is 0 Å². The summed E-state index contributed by atoms with van der Waals surface area (Å²) < 4.78 is 27.0. The van der Waals surface area contributed by atoms with E-state index in [9.17, 15) is 29.4 Å². The third kappa shape index (κ3) is 7.35. The van der Waals surface area contributed by atoms with Gasteiger partial charge in [-0.15, -0.1) is 0 Å². The van der Waals surface area contributed by atoms with Crippen LogP contribution in [0.3, 0.4) is 0 Å². The molecule has 0 spiro atoms. The van der Waals surface area contributed by atoms with Crippen LogP contribution in [0, 0.1) is 16.7 Å². The number of aliphatic hydroxyl groups excluding tert-OH is 1. The maximum absolute atomic E-state index is 13.8. The number of esters is 3. The molecule has 11 nitrogen and oxygen atoms in total. The highest BCUT2D eigenvalue weighted by molar-refractivity contribution is 6.67. The van der Waals surface area contributed by atoms with Gasteiger partial charge in [-0.05, 0) is 68.4 Å². The molecule has 1 aromatic rings. The van der Waals surface area contributed by atoms with Crippen LogP contribution < -0.4 is 0 Å². The van der Waals surface area contributed by atoms with Crippen molar-refractivity contribution in [3.8, 4) is 0 Å². The van der Waals surface area contributed by atoms with Gasteiger partial charge in [0.05, 0.1) is 22.7 Å². The summed E-state index contributed by atoms with van der Waals surface area (Å²) >= 11 is 17.2. The predicted molar refractivity (Wildman–Crippen MR) is 175 cm³/mol. The Hall–Kier alpha value is -2.83. The second kappa shape index (κ2) is 13.8. The Balaban J connectivity index is 1.96. The van der Waals surface area contributed by atoms with Crippen molar-refractivity contribution in [2.75, 3.05) is 6.61 Å². The second-order valence-electron chi connectivity index (χ2n) is 13.5. The van der Waals surface area contributed by atoms with Gasteiger partial charge >= 0.3 is 24.1 Å². The summed E-state index contributed by atoms with van der Waals surface area (Å²) in [5, 5.41) is 23.3. The van der Waals surface area contributed by atoms with Gasteiger partial charge in [0.1, 0.15) is 18.8 Å². The summed E-state index contributed by atoms with van der Waals surface area (Å²) in [5.41, 5.74) is -2.93. The van der Waals surface area contributed by atoms with Crippen molar-refractivity contribution in [2.45, 2.75) is 101 Å². The number of alkyl halides is 3. The van der Waals surface area contributed by atoms with Crippen LogP contribution in [0.15, 0.2) is 53.6 Å². The van der Waals surface area contributed by atoms with Crippen molar-refractivity contribution in [2.24, 2.45) is 16.7 Å². The standard InChI is InChI=1S/C34H41Cl3O11/c1-17-22-14-33(31(5,6)43)15-23(40)18(2)26(33)27(48-29(41)21-11-9-8-10-12-21)28(46-20(4)39)32(22,7)25(45-19(3)38)13-24(17)47-30(42)44-16-34(35,36)37/h8-12,22-25,27-28,40,43H,1,13-16H2,2-7H3/t22-,23+,24+,25+,27-,28+,32+,33+/m1/s1. The van der Waals surface area contributed by atoms with Crippen LogP contribution in [-0.4, -0.2) is 80.8 Å². The highest BCUT2D eigenvalue weighted by atomic mass is 35.6. The van der Waals surface area contributed by atoms with E-state index in [0.29, 0.717) is 16.7 Å². The molecular weight excluding hydrogens is 691 g/mol. The Bertz CT molecular complexity index is 1480. The molecule has 2 fully saturated rings. The fourth-order valence-electron chi connectivity index (χ4n) is 7.71. The lowest BCUT2D eigenvalue weighted by atomic mass is 9.56. The zero-order valence-corrected chi connectivity index (χ0v) is 29.9. The lowest BCUT2D eigenvalue weighted by molar-refractivity contribution is -0.196. The number of carbonyl (C=O) groups is 4. The van der Waals surface area contributed by atoms with Crippen molar-refractivity contribution in [3.63, 3.8) is 0 Å². The average molecular weight is 732 g/mol. The molecule has 4 rings (SSSR count). The van der Waals surface area contributed by atoms with Crippen molar-refractivity contribution >= 4 is 58.9 Å². The van der Waals surface area contributed by atoms with E-state index < -0.39 is 87.3 Å². The van der Waals surface area contributed by atoms with Crippen molar-refractivity contribution < 1.29 is 53.1 Å². The Morgan fingerprint density at radius 2 is 1.58 bits per heavy atom. The molecular formula is C34H41Cl3O11. The lowest BCUT2D eigenvalue weighted by Gasteiger charge is -2.53. The molecule has 0 heterocycles. The molecule has 2 N–H and O–H groups in total. The molecule has 0 bridgehead atoms. The molecule has 14 heteroatoms. The highest BCUT2D eigenvalue weighted by Gasteiger charge is 2.69. The van der Waals surface area contributed by atoms with Crippen LogP contribution in [0.4, 0.5) is 4.79 Å². The van der Waals surface area contributed by atoms with E-state index >= 15 is 0 Å². The van der Waals surface area contributed by atoms with E-state index in [1.807, 2.05) is 0 Å². The van der Waals surface area contributed by atoms with Gasteiger partial charge in [-0.3, -0.25) is 9.59 Å². The first-order valence-electron chi connectivity index (χ1n) is 15.4. The van der Waals surface area contributed by atoms with Gasteiger partial charge in [-0.1, -0.05) is 66.5 Å². The molecule has 264 valence electrons. The van der Waals surface area contributed by atoms with E-state index in [4.69, 9.17) is 58.5 Å². The van der Waals surface area contributed by atoms with Crippen LogP contribution >= 0.6 is 34.8 Å². The fourth-order valence-corrected chi connectivity index (χ4v) is 7.88. The molecule has 0 aromatic heterocycles. The molecule has 8 atom stereocenters. The number of hydrogen-bond acceptors (Lipinski definition) is 11. The quantitative estimate of drug-likeness (QED) is 0.152. The largest absolute Gasteiger partial charge is 0.509 e. The van der Waals surface area contributed by atoms with Gasteiger partial charge in [0.25, 0.3) is 0 Å². The minimum absolute atomic E-state index is 0.0127. The van der Waals surface area contributed by atoms with Gasteiger partial charge in [-0.2, -0.15) is 0 Å². The van der Waals surface area contributed by atoms with Gasteiger partial charge in [0.15, 0.2) is 12.2 Å². The summed E-state index contributed by atoms with van der Waals surface area (Å²) in [7, 11) is 0. The molecule has 3 aliphatic rings. The second-order valence-corrected chi connectivity index (χ2v) is 16.0. The summed E-state index contributed by atoms with van der Waals surface area (Å²) in [6, 6.07) is 8.18. The van der Waals surface area contributed by atoms with Crippen LogP contribution in [0.5, 0.6) is 0 Å². The minimum Gasteiger partial charge on any atom is -0.462 e. The monoisotopic (exact) mass is 730 g/mol. The van der Waals surface area contributed by atoms with Crippen molar-refractivity contribution in [1.29, 1.82) is 0 Å². The first-order valence-corrected chi connectivity index (χ1v) is 16.6. The number of hydrogen-bond donors (Lipinski definition) is 2. The number of carbonyl (C=O) groups excluding carboxylic acids is 4. The number of halogens is 3. The zero-order valence-electron chi connectivity index (χ0n) is 27.6. The Morgan fingerprint density at radius 1 is 0.979 bits per heavy atom. The summed E-state index contributed by atoms with van der Waals surface area (Å²) in [4.78, 5) is 52.1. The van der Waals surface area contributed by atoms with E-state index in [0.717, 1.165) is 0 Å². The third-order valence-corrected chi connectivity index (χ3v) is 10.4. The maximum atomic E-state index is 13.8. The maximum Gasteiger partial charge on any atom is 0.509 e. The topological polar surface area (TPSA) is 155 Å². The molecule has 3 aliphatic carbocycles. The number of ether oxygens (including phenoxy) is 5. The number of aliphatic hydroxyl groups is 2. The fraction of sp³-hybridized carbons (Fsp3) is 0.588. The predicted octanol–water partition coefficient (Wildman–Crippen LogP) is 5.79. The first kappa shape index (κ1) is 38.0. The summed E-state index contributed by atoms with van der Waals surface area (Å²) in [6.07, 6.45) is -7.28. The molecule has 0 aliphatic heterocycles. The minimum atomic E-state index is -1.91. The molecule has 0 radical (unpaired) electrons. The average Bonchev–Trinajstić information content (AvgIpc) is 3.18. The normalized spacial score (nSPS) is 31.9. The van der Waals surface area contributed by atoms with E-state index in [1.165, 1.54) is 13.8 Å². The van der Waals surface area contributed by atoms with Gasteiger partial charge in [0.2, 0.25) is 3.79 Å². The molecule has 0 amide bonds. The van der Waals surface area contributed by atoms with Crippen LogP contribution in [0.1, 0.15) is 71.2 Å². The highest BCUT2D eigenvalue weighted by Crippen LogP contribution is 2.65. The van der Waals surface area contributed by atoms with E-state index in [1.54, 1.807) is 58.0 Å². The number of fused-ring (bicyclic) bond motifs is 2. The number of rotatable bonds is 7. The molecule has 1 aromatic carbocycles. The van der Waals surface area contributed by atoms with Crippen molar-refractivity contribution in [1.82, 2.24) is 0 Å². The van der Waals surface area contributed by atoms with E-state index in [-0.39, 0.29) is 24.8 Å². The van der Waals surface area contributed by atoms with Crippen molar-refractivity contribution in [3.05, 3.63) is 59.2 Å². The Kier molecular flexibility index (Phi) is 10.9. The Labute approximate surface area is 294 Å². The third-order valence-electron chi connectivity index (χ3n) is 10.0. The zero-order chi connectivity index (χ0) is 36.0. The Morgan fingerprint density at radius 3 is 2.12 bits per heavy atom. The van der Waals surface area contributed by atoms with Crippen LogP contribution in [-0.2, 0) is 33.3 Å². The molecule has 0 unspecified atom stereocenters. The SMILES string of the molecule is C=C1[C@@H](OC(=O)OCC(Cl)(Cl)Cl)C[C@H](OC(C)=O)[C@]2(C)[C@@H]1C[C@]1(C(C)(C)O)C[C@H](O)C(C)=C1[C@@H](OC(=O)c1ccccc1)[C@@H]2OC(C)=O. The number of benzene rings is 1. The molecule has 0 saturated heterocycles. The van der Waals surface area contributed by atoms with Gasteiger partial charge in [-0.25, -0.2) is 9.59 Å². The smallest absolute Gasteiger partial charge is 0.462 e. The summed E-state index contributed by atoms with van der Waals surface area (Å²) in [6.45, 7) is 12.6. The van der Waals surface area contributed by atoms with E-state index in [2.05, 4.69) is 6.58 Å². The lowest BCUT2D eigenvalue weighted by Crippen LogP contribution is -2.60.